The van der Waals surface area contributed by atoms with Crippen LogP contribution in [0.1, 0.15) is 32.0 Å². The van der Waals surface area contributed by atoms with Gasteiger partial charge in [0.2, 0.25) is 0 Å². The molecule has 2 N–H and O–H groups in total. The highest BCUT2D eigenvalue weighted by Crippen LogP contribution is 2.39. The molecule has 0 fully saturated rings. The average molecular weight is 723 g/mol. The molecule has 48 heavy (non-hydrogen) atoms. The first-order valence-corrected chi connectivity index (χ1v) is 17.8. The van der Waals surface area contributed by atoms with Crippen molar-refractivity contribution in [3.05, 3.63) is 123 Å². The second-order valence-corrected chi connectivity index (χ2v) is 14.4. The number of furan rings is 1. The number of rotatable bonds is 10. The van der Waals surface area contributed by atoms with E-state index >= 15 is 0 Å². The van der Waals surface area contributed by atoms with E-state index in [-0.39, 0.29) is 45.1 Å². The molecule has 0 aliphatic heterocycles. The highest BCUT2D eigenvalue weighted by molar-refractivity contribution is 7.90. The number of halogens is 2. The first kappa shape index (κ1) is 33.2. The second kappa shape index (κ2) is 13.8. The van der Waals surface area contributed by atoms with Crippen molar-refractivity contribution in [3.63, 3.8) is 0 Å². The number of sulfone groups is 1. The molecule has 10 nitrogen and oxygen atoms in total. The summed E-state index contributed by atoms with van der Waals surface area (Å²) in [6, 6.07) is 24.1. The van der Waals surface area contributed by atoms with Gasteiger partial charge in [-0.25, -0.2) is 13.2 Å². The van der Waals surface area contributed by atoms with Crippen LogP contribution in [-0.4, -0.2) is 42.9 Å². The molecule has 244 valence electrons. The zero-order chi connectivity index (χ0) is 34.0. The number of esters is 1. The van der Waals surface area contributed by atoms with Gasteiger partial charge in [-0.3, -0.25) is 9.59 Å². The van der Waals surface area contributed by atoms with E-state index in [4.69, 9.17) is 32.4 Å². The molecule has 2 amide bonds. The molecule has 0 bridgehead atoms. The smallest absolute Gasteiger partial charge is 0.329 e. The van der Waals surface area contributed by atoms with E-state index in [0.717, 1.165) is 28.7 Å². The van der Waals surface area contributed by atoms with Crippen LogP contribution in [0.25, 0.3) is 21.1 Å². The van der Waals surface area contributed by atoms with Gasteiger partial charge in [0.05, 0.1) is 25.2 Å². The minimum Gasteiger partial charge on any atom is -0.459 e. The normalized spacial score (nSPS) is 12.1. The summed E-state index contributed by atoms with van der Waals surface area (Å²) in [5.41, 5.74) is 1.65. The first-order valence-electron chi connectivity index (χ1n) is 14.4. The van der Waals surface area contributed by atoms with Gasteiger partial charge in [0.25, 0.3) is 11.8 Å². The van der Waals surface area contributed by atoms with Crippen molar-refractivity contribution in [1.29, 1.82) is 0 Å². The molecule has 0 aliphatic rings. The largest absolute Gasteiger partial charge is 0.459 e. The van der Waals surface area contributed by atoms with Gasteiger partial charge in [-0.05, 0) is 53.0 Å². The molecule has 0 radical (unpaired) electrons. The Kier molecular flexibility index (Phi) is 9.51. The molecule has 6 aromatic rings. The van der Waals surface area contributed by atoms with E-state index in [1.807, 2.05) is 18.2 Å². The minimum absolute atomic E-state index is 0.0350. The van der Waals surface area contributed by atoms with Crippen LogP contribution in [0.5, 0.6) is 0 Å². The number of para-hydroxylation sites is 1. The van der Waals surface area contributed by atoms with Gasteiger partial charge >= 0.3 is 5.97 Å². The fraction of sp³-hybridized carbons (Fsp3) is 0.118. The van der Waals surface area contributed by atoms with Crippen molar-refractivity contribution in [1.82, 2.24) is 9.69 Å². The lowest BCUT2D eigenvalue weighted by atomic mass is 10.0. The summed E-state index contributed by atoms with van der Waals surface area (Å²) >= 11 is 14.2. The third-order valence-electron chi connectivity index (χ3n) is 7.35. The van der Waals surface area contributed by atoms with Crippen LogP contribution in [0.4, 0.5) is 5.82 Å². The van der Waals surface area contributed by atoms with Crippen molar-refractivity contribution in [2.75, 3.05) is 11.6 Å². The first-order chi connectivity index (χ1) is 23.0. The molecule has 2 heterocycles. The number of fused-ring (bicyclic) bond motifs is 2. The van der Waals surface area contributed by atoms with Gasteiger partial charge in [0.1, 0.15) is 18.2 Å². The zero-order valence-electron chi connectivity index (χ0n) is 25.0. The lowest BCUT2D eigenvalue weighted by molar-refractivity contribution is -0.147. The highest BCUT2D eigenvalue weighted by Gasteiger charge is 2.28. The Morgan fingerprint density at radius 2 is 1.65 bits per heavy atom. The third-order valence-corrected chi connectivity index (χ3v) is 10.1. The molecule has 0 unspecified atom stereocenters. The quantitative estimate of drug-likeness (QED) is 0.143. The van der Waals surface area contributed by atoms with E-state index in [9.17, 15) is 22.8 Å². The minimum atomic E-state index is -3.53. The number of carbonyl (C=O) groups excluding carboxylic acids is 3. The Bertz CT molecular complexity index is 2270. The maximum Gasteiger partial charge on any atom is 0.329 e. The van der Waals surface area contributed by atoms with Crippen molar-refractivity contribution < 1.29 is 32.0 Å². The number of ether oxygens (including phenoxy) is 1. The molecule has 0 spiro atoms. The van der Waals surface area contributed by atoms with Crippen molar-refractivity contribution in [2.24, 2.45) is 0 Å². The number of hydrogen-bond donors (Lipinski definition) is 2. The van der Waals surface area contributed by atoms with Gasteiger partial charge in [-0.1, -0.05) is 83.9 Å². The number of anilines is 1. The summed E-state index contributed by atoms with van der Waals surface area (Å²) in [5, 5.41) is 6.44. The predicted octanol–water partition coefficient (Wildman–Crippen LogP) is 7.09. The van der Waals surface area contributed by atoms with Crippen LogP contribution in [0.2, 0.25) is 10.0 Å². The number of carbonyl (C=O) groups is 3. The molecule has 14 heteroatoms. The standard InChI is InChI=1S/C34H25Cl2N3O7S2/c1-48(43,44)22-12-7-10-20(14-22)15-25(34(42)45-18-19-8-3-2-4-9-19)37-33(41)28-24(35)17-23-30(29(28)36)47-39-31(23)38-32(40)27-16-21-11-5-6-13-26(21)46-27/h2-14,16-17,25H,15,18H2,1H3,(H,37,41)(H,38,39,40)/t25-/m0/s1. The molecule has 0 saturated heterocycles. The molecule has 0 aliphatic carbocycles. The molecule has 2 aromatic heterocycles. The monoisotopic (exact) mass is 721 g/mol. The molecular weight excluding hydrogens is 697 g/mol. The number of amides is 2. The SMILES string of the molecule is CS(=O)(=O)c1cccc(C[C@H](NC(=O)c2c(Cl)cc3c(NC(=O)c4cc5ccccc5o4)nsc3c2Cl)C(=O)OCc2ccccc2)c1. The number of hydrogen-bond acceptors (Lipinski definition) is 9. The summed E-state index contributed by atoms with van der Waals surface area (Å²) in [4.78, 5) is 40.1. The second-order valence-electron chi connectivity index (χ2n) is 10.8. The van der Waals surface area contributed by atoms with Crippen LogP contribution < -0.4 is 10.6 Å². The Labute approximate surface area is 288 Å². The number of nitrogens with zero attached hydrogens (tertiary/aromatic N) is 1. The summed E-state index contributed by atoms with van der Waals surface area (Å²) in [6.45, 7) is -0.0493. The lowest BCUT2D eigenvalue weighted by Gasteiger charge is -2.19. The molecule has 4 aromatic carbocycles. The van der Waals surface area contributed by atoms with E-state index in [0.29, 0.717) is 21.2 Å². The lowest BCUT2D eigenvalue weighted by Crippen LogP contribution is -2.43. The summed E-state index contributed by atoms with van der Waals surface area (Å²) < 4.78 is 40.2. The fourth-order valence-corrected chi connectivity index (χ4v) is 7.14. The maximum atomic E-state index is 13.7. The molecule has 0 saturated carbocycles. The Hall–Kier alpha value is -4.75. The van der Waals surface area contributed by atoms with Gasteiger partial charge in [0.15, 0.2) is 21.4 Å². The summed E-state index contributed by atoms with van der Waals surface area (Å²) in [7, 11) is -3.53. The zero-order valence-corrected chi connectivity index (χ0v) is 28.2. The van der Waals surface area contributed by atoms with Crippen LogP contribution in [0.3, 0.4) is 0 Å². The molecular formula is C34H25Cl2N3O7S2. The number of aromatic nitrogens is 1. The van der Waals surface area contributed by atoms with Gasteiger partial charge in [0, 0.05) is 23.4 Å². The summed E-state index contributed by atoms with van der Waals surface area (Å²) in [5.74, 6) is -1.81. The fourth-order valence-electron chi connectivity index (χ4n) is 4.96. The predicted molar refractivity (Wildman–Crippen MR) is 185 cm³/mol. The van der Waals surface area contributed by atoms with E-state index in [1.54, 1.807) is 54.6 Å². The van der Waals surface area contributed by atoms with Crippen molar-refractivity contribution in [3.8, 4) is 0 Å². The third kappa shape index (κ3) is 7.21. The van der Waals surface area contributed by atoms with Crippen LogP contribution in [0, 0.1) is 0 Å². The Balaban J connectivity index is 1.26. The number of benzene rings is 4. The summed E-state index contributed by atoms with van der Waals surface area (Å²) in [6.07, 6.45) is 0.994. The van der Waals surface area contributed by atoms with E-state index in [1.165, 1.54) is 18.2 Å². The topological polar surface area (TPSA) is 145 Å². The Morgan fingerprint density at radius 1 is 0.917 bits per heavy atom. The Morgan fingerprint density at radius 3 is 2.40 bits per heavy atom. The van der Waals surface area contributed by atoms with Crippen molar-refractivity contribution >= 4 is 89.2 Å². The van der Waals surface area contributed by atoms with E-state index in [2.05, 4.69) is 15.0 Å². The van der Waals surface area contributed by atoms with Crippen LogP contribution >= 0.6 is 34.7 Å². The van der Waals surface area contributed by atoms with Crippen molar-refractivity contribution in [2.45, 2.75) is 24.0 Å². The number of nitrogens with one attached hydrogen (secondary N) is 2. The molecule has 6 rings (SSSR count). The van der Waals surface area contributed by atoms with Crippen LogP contribution in [-0.2, 0) is 32.4 Å². The van der Waals surface area contributed by atoms with Gasteiger partial charge in [-0.2, -0.15) is 4.37 Å². The van der Waals surface area contributed by atoms with Gasteiger partial charge in [-0.15, -0.1) is 0 Å². The van der Waals surface area contributed by atoms with Gasteiger partial charge < -0.3 is 19.8 Å². The van der Waals surface area contributed by atoms with Crippen LogP contribution in [0.15, 0.2) is 100 Å². The maximum absolute atomic E-state index is 13.7. The highest BCUT2D eigenvalue weighted by atomic mass is 35.5. The van der Waals surface area contributed by atoms with E-state index < -0.39 is 33.7 Å². The molecule has 1 atom stereocenters. The average Bonchev–Trinajstić information content (AvgIpc) is 3.68.